The number of fused-ring (bicyclic) bond motifs is 2. The van der Waals surface area contributed by atoms with Gasteiger partial charge < -0.3 is 10.2 Å². The van der Waals surface area contributed by atoms with Crippen molar-refractivity contribution in [2.45, 2.75) is 57.7 Å². The number of carbonyl (C=O) groups excluding carboxylic acids is 1. The van der Waals surface area contributed by atoms with E-state index in [1.54, 1.807) is 4.68 Å². The van der Waals surface area contributed by atoms with Gasteiger partial charge in [-0.15, -0.1) is 0 Å². The molecule has 0 aromatic carbocycles. The minimum atomic E-state index is 0.0436. The van der Waals surface area contributed by atoms with Gasteiger partial charge in [0.2, 0.25) is 0 Å². The number of aromatic nitrogens is 2. The minimum absolute atomic E-state index is 0.0436. The summed E-state index contributed by atoms with van der Waals surface area (Å²) in [6.45, 7) is 3.85. The zero-order chi connectivity index (χ0) is 14.4. The first-order valence-corrected chi connectivity index (χ1v) is 7.50. The Morgan fingerprint density at radius 2 is 1.80 bits per heavy atom. The van der Waals surface area contributed by atoms with Crippen molar-refractivity contribution in [1.29, 1.82) is 0 Å². The highest BCUT2D eigenvalue weighted by Gasteiger charge is 2.39. The summed E-state index contributed by atoms with van der Waals surface area (Å²) in [4.78, 5) is 15.0. The van der Waals surface area contributed by atoms with E-state index in [4.69, 9.17) is 0 Å². The highest BCUT2D eigenvalue weighted by molar-refractivity contribution is 5.96. The van der Waals surface area contributed by atoms with Crippen molar-refractivity contribution in [3.05, 3.63) is 17.0 Å². The Labute approximate surface area is 120 Å². The predicted octanol–water partition coefficient (Wildman–Crippen LogP) is 1.39. The first-order chi connectivity index (χ1) is 9.47. The number of amides is 1. The van der Waals surface area contributed by atoms with E-state index in [-0.39, 0.29) is 5.91 Å². The number of nitrogens with one attached hydrogen (secondary N) is 1. The average Bonchev–Trinajstić information content (AvgIpc) is 2.74. The molecule has 110 valence electrons. The lowest BCUT2D eigenvalue weighted by molar-refractivity contribution is 0.0881. The van der Waals surface area contributed by atoms with Crippen LogP contribution in [-0.2, 0) is 7.05 Å². The maximum Gasteiger partial charge on any atom is 0.255 e. The zero-order valence-electron chi connectivity index (χ0n) is 12.8. The minimum Gasteiger partial charge on any atom is -0.349 e. The van der Waals surface area contributed by atoms with E-state index >= 15 is 0 Å². The van der Waals surface area contributed by atoms with Crippen LogP contribution in [0.4, 0.5) is 0 Å². The average molecular weight is 276 g/mol. The molecule has 0 spiro atoms. The second kappa shape index (κ2) is 4.88. The lowest BCUT2D eigenvalue weighted by Gasteiger charge is -2.36. The summed E-state index contributed by atoms with van der Waals surface area (Å²) in [7, 11) is 4.10. The van der Waals surface area contributed by atoms with Gasteiger partial charge in [0.1, 0.15) is 0 Å². The normalized spacial score (nSPS) is 29.7. The molecule has 0 aliphatic carbocycles. The number of aryl methyl sites for hydroxylation is 2. The summed E-state index contributed by atoms with van der Waals surface area (Å²) >= 11 is 0. The van der Waals surface area contributed by atoms with Crippen LogP contribution in [0.15, 0.2) is 0 Å². The molecule has 0 radical (unpaired) electrons. The Bertz CT molecular complexity index is 522. The van der Waals surface area contributed by atoms with E-state index in [9.17, 15) is 4.79 Å². The number of carbonyl (C=O) groups is 1. The molecule has 1 N–H and O–H groups in total. The van der Waals surface area contributed by atoms with Crippen molar-refractivity contribution in [3.8, 4) is 0 Å². The lowest BCUT2D eigenvalue weighted by atomic mass is 9.97. The summed E-state index contributed by atoms with van der Waals surface area (Å²) in [5.74, 6) is 0.0436. The number of nitrogens with zero attached hydrogens (tertiary/aromatic N) is 3. The molecule has 0 unspecified atom stereocenters. The number of hydrogen-bond acceptors (Lipinski definition) is 3. The fourth-order valence-electron chi connectivity index (χ4n) is 3.89. The van der Waals surface area contributed by atoms with Gasteiger partial charge in [-0.1, -0.05) is 0 Å². The van der Waals surface area contributed by atoms with Gasteiger partial charge in [0.05, 0.1) is 11.3 Å². The van der Waals surface area contributed by atoms with Crippen LogP contribution in [-0.4, -0.2) is 45.8 Å². The molecule has 2 atom stereocenters. The molecule has 5 heteroatoms. The molecule has 2 aliphatic heterocycles. The third-order valence-corrected chi connectivity index (χ3v) is 5.17. The third kappa shape index (κ3) is 2.14. The smallest absolute Gasteiger partial charge is 0.255 e. The molecule has 20 heavy (non-hydrogen) atoms. The highest BCUT2D eigenvalue weighted by Crippen LogP contribution is 2.34. The Morgan fingerprint density at radius 3 is 2.30 bits per heavy atom. The molecule has 1 amide bonds. The molecular formula is C15H24N4O. The van der Waals surface area contributed by atoms with Crippen molar-refractivity contribution in [2.75, 3.05) is 7.05 Å². The van der Waals surface area contributed by atoms with E-state index < -0.39 is 0 Å². The molecule has 2 fully saturated rings. The summed E-state index contributed by atoms with van der Waals surface area (Å²) in [5, 5.41) is 7.56. The van der Waals surface area contributed by atoms with Gasteiger partial charge >= 0.3 is 0 Å². The number of rotatable bonds is 2. The van der Waals surface area contributed by atoms with E-state index in [1.165, 1.54) is 12.8 Å². The molecule has 2 bridgehead atoms. The first kappa shape index (κ1) is 13.6. The fraction of sp³-hybridized carbons (Fsp3) is 0.733. The summed E-state index contributed by atoms with van der Waals surface area (Å²) in [5.41, 5.74) is 2.51. The Balaban J connectivity index is 1.71. The van der Waals surface area contributed by atoms with Crippen molar-refractivity contribution >= 4 is 5.91 Å². The van der Waals surface area contributed by atoms with Gasteiger partial charge in [-0.05, 0) is 46.6 Å². The van der Waals surface area contributed by atoms with E-state index in [0.717, 1.165) is 29.8 Å². The highest BCUT2D eigenvalue weighted by atomic mass is 16.1. The first-order valence-electron chi connectivity index (χ1n) is 7.50. The van der Waals surface area contributed by atoms with Gasteiger partial charge in [0.15, 0.2) is 0 Å². The Hall–Kier alpha value is -1.36. The van der Waals surface area contributed by atoms with Gasteiger partial charge in [0, 0.05) is 30.9 Å². The Kier molecular flexibility index (Phi) is 3.32. The van der Waals surface area contributed by atoms with Crippen LogP contribution in [0.25, 0.3) is 0 Å². The van der Waals surface area contributed by atoms with Crippen molar-refractivity contribution in [1.82, 2.24) is 20.0 Å². The number of piperidine rings is 1. The summed E-state index contributed by atoms with van der Waals surface area (Å²) in [6.07, 6.45) is 4.71. The molecular weight excluding hydrogens is 252 g/mol. The molecule has 0 saturated carbocycles. The third-order valence-electron chi connectivity index (χ3n) is 5.17. The molecule has 1 aromatic rings. The van der Waals surface area contributed by atoms with Crippen molar-refractivity contribution in [2.24, 2.45) is 7.05 Å². The fourth-order valence-corrected chi connectivity index (χ4v) is 3.89. The zero-order valence-corrected chi connectivity index (χ0v) is 12.8. The van der Waals surface area contributed by atoms with Crippen LogP contribution in [0.2, 0.25) is 0 Å². The molecule has 3 rings (SSSR count). The van der Waals surface area contributed by atoms with Crippen LogP contribution in [0.1, 0.15) is 47.4 Å². The van der Waals surface area contributed by atoms with E-state index in [2.05, 4.69) is 22.4 Å². The van der Waals surface area contributed by atoms with Crippen LogP contribution < -0.4 is 5.32 Å². The monoisotopic (exact) mass is 276 g/mol. The van der Waals surface area contributed by atoms with Crippen molar-refractivity contribution < 1.29 is 4.79 Å². The quantitative estimate of drug-likeness (QED) is 0.888. The van der Waals surface area contributed by atoms with Gasteiger partial charge in [-0.2, -0.15) is 5.10 Å². The molecule has 2 aliphatic rings. The largest absolute Gasteiger partial charge is 0.349 e. The summed E-state index contributed by atoms with van der Waals surface area (Å²) < 4.78 is 1.78. The van der Waals surface area contributed by atoms with Crippen LogP contribution in [0, 0.1) is 13.8 Å². The SMILES string of the molecule is Cc1nn(C)c(C)c1C(=O)NC1C[C@@H]2CC[C@@H](C1)N2C. The van der Waals surface area contributed by atoms with Crippen LogP contribution in [0.5, 0.6) is 0 Å². The second-order valence-electron chi connectivity index (χ2n) is 6.36. The van der Waals surface area contributed by atoms with E-state index in [1.807, 2.05) is 20.9 Å². The maximum absolute atomic E-state index is 12.5. The molecule has 5 nitrogen and oxygen atoms in total. The van der Waals surface area contributed by atoms with Crippen LogP contribution in [0.3, 0.4) is 0 Å². The van der Waals surface area contributed by atoms with E-state index in [0.29, 0.717) is 18.1 Å². The topological polar surface area (TPSA) is 50.2 Å². The number of hydrogen-bond donors (Lipinski definition) is 1. The standard InChI is InChI=1S/C15H24N4O/c1-9-14(10(2)19(4)17-9)15(20)16-11-7-12-5-6-13(8-11)18(12)3/h11-13H,5-8H2,1-4H3,(H,16,20)/t12-,13-/m0/s1. The van der Waals surface area contributed by atoms with Crippen LogP contribution >= 0.6 is 0 Å². The summed E-state index contributed by atoms with van der Waals surface area (Å²) in [6, 6.07) is 1.61. The lowest BCUT2D eigenvalue weighted by Crippen LogP contribution is -2.48. The Morgan fingerprint density at radius 1 is 1.20 bits per heavy atom. The maximum atomic E-state index is 12.5. The van der Waals surface area contributed by atoms with Crippen molar-refractivity contribution in [3.63, 3.8) is 0 Å². The van der Waals surface area contributed by atoms with Gasteiger partial charge in [-0.3, -0.25) is 9.48 Å². The second-order valence-corrected chi connectivity index (χ2v) is 6.36. The van der Waals surface area contributed by atoms with Gasteiger partial charge in [-0.25, -0.2) is 0 Å². The molecule has 3 heterocycles. The predicted molar refractivity (Wildman–Crippen MR) is 77.7 cm³/mol. The van der Waals surface area contributed by atoms with Gasteiger partial charge in [0.25, 0.3) is 5.91 Å². The molecule has 2 saturated heterocycles. The molecule has 1 aromatic heterocycles.